The molecule has 1 N–H and O–H groups in total. The summed E-state index contributed by atoms with van der Waals surface area (Å²) in [6.45, 7) is 0.615. The summed E-state index contributed by atoms with van der Waals surface area (Å²) < 4.78 is 29.8. The van der Waals surface area contributed by atoms with Crippen LogP contribution in [0.5, 0.6) is 0 Å². The third-order valence-corrected chi connectivity index (χ3v) is 6.85. The van der Waals surface area contributed by atoms with Crippen LogP contribution < -0.4 is 5.56 Å². The van der Waals surface area contributed by atoms with Crippen LogP contribution >= 0.6 is 15.9 Å². The molecule has 0 spiro atoms. The minimum Gasteiger partial charge on any atom is -0.388 e. The third-order valence-electron chi connectivity index (χ3n) is 6.24. The Morgan fingerprint density at radius 1 is 1.11 bits per heavy atom. The van der Waals surface area contributed by atoms with E-state index in [1.165, 1.54) is 58.2 Å². The van der Waals surface area contributed by atoms with E-state index in [0.29, 0.717) is 30.0 Å². The maximum absolute atomic E-state index is 13.6. The van der Waals surface area contributed by atoms with Gasteiger partial charge in [0.25, 0.3) is 11.5 Å². The van der Waals surface area contributed by atoms with Gasteiger partial charge < -0.3 is 10.0 Å². The number of carbonyl (C=O) groups excluding carboxylic acids is 1. The molecule has 8 nitrogen and oxygen atoms in total. The zero-order chi connectivity index (χ0) is 24.7. The summed E-state index contributed by atoms with van der Waals surface area (Å²) in [5.74, 6) is -1.06. The lowest BCUT2D eigenvalue weighted by molar-refractivity contribution is -0.0299. The van der Waals surface area contributed by atoms with Crippen LogP contribution in [0.2, 0.25) is 0 Å². The lowest BCUT2D eigenvalue weighted by Crippen LogP contribution is -2.49. The molecule has 1 amide bonds. The van der Waals surface area contributed by atoms with Crippen molar-refractivity contribution in [1.82, 2.24) is 24.2 Å². The van der Waals surface area contributed by atoms with Crippen LogP contribution in [0.25, 0.3) is 16.7 Å². The first kappa shape index (κ1) is 23.3. The molecule has 0 bridgehead atoms. The van der Waals surface area contributed by atoms with Gasteiger partial charge in [0.1, 0.15) is 23.3 Å². The lowest BCUT2D eigenvalue weighted by atomic mass is 9.91. The second kappa shape index (κ2) is 8.97. The molecule has 0 radical (unpaired) electrons. The summed E-state index contributed by atoms with van der Waals surface area (Å²) in [4.78, 5) is 31.7. The normalized spacial score (nSPS) is 15.5. The third kappa shape index (κ3) is 4.48. The highest BCUT2D eigenvalue weighted by Crippen LogP contribution is 2.26. The first-order chi connectivity index (χ1) is 16.7. The van der Waals surface area contributed by atoms with Crippen LogP contribution in [0, 0.1) is 11.6 Å². The van der Waals surface area contributed by atoms with Gasteiger partial charge in [0.05, 0.1) is 28.5 Å². The molecule has 2 aromatic carbocycles. The predicted molar refractivity (Wildman–Crippen MR) is 127 cm³/mol. The fourth-order valence-corrected chi connectivity index (χ4v) is 4.61. The Kier molecular flexibility index (Phi) is 5.97. The number of aromatic nitrogens is 4. The summed E-state index contributed by atoms with van der Waals surface area (Å²) in [6.07, 6.45) is 3.29. The van der Waals surface area contributed by atoms with Crippen molar-refractivity contribution in [2.45, 2.75) is 25.0 Å². The lowest BCUT2D eigenvalue weighted by Gasteiger charge is -2.38. The number of rotatable bonds is 4. The van der Waals surface area contributed by atoms with Gasteiger partial charge in [0.2, 0.25) is 0 Å². The molecular formula is C24H20BrF2N5O3. The van der Waals surface area contributed by atoms with Crippen LogP contribution in [-0.2, 0) is 6.54 Å². The van der Waals surface area contributed by atoms with E-state index in [2.05, 4.69) is 26.0 Å². The molecule has 0 saturated carbocycles. The summed E-state index contributed by atoms with van der Waals surface area (Å²) >= 11 is 3.14. The number of piperidine rings is 1. The van der Waals surface area contributed by atoms with E-state index in [9.17, 15) is 23.5 Å². The number of benzene rings is 2. The van der Waals surface area contributed by atoms with Crippen molar-refractivity contribution < 1.29 is 18.7 Å². The van der Waals surface area contributed by atoms with Crippen molar-refractivity contribution in [3.8, 4) is 5.69 Å². The number of amides is 1. The molecule has 0 aliphatic carbocycles. The highest BCUT2D eigenvalue weighted by atomic mass is 79.9. The van der Waals surface area contributed by atoms with Gasteiger partial charge in [0, 0.05) is 18.7 Å². The fourth-order valence-electron chi connectivity index (χ4n) is 4.24. The second-order valence-electron chi connectivity index (χ2n) is 8.59. The molecule has 4 aromatic rings. The van der Waals surface area contributed by atoms with Crippen LogP contribution in [-0.4, -0.2) is 53.9 Å². The van der Waals surface area contributed by atoms with E-state index < -0.39 is 17.2 Å². The molecule has 180 valence electrons. The van der Waals surface area contributed by atoms with Crippen LogP contribution in [0.3, 0.4) is 0 Å². The molecule has 3 heterocycles. The fraction of sp³-hybridized carbons (Fsp3) is 0.250. The molecule has 0 unspecified atom stereocenters. The first-order valence-corrected chi connectivity index (χ1v) is 11.7. The van der Waals surface area contributed by atoms with Gasteiger partial charge in [-0.15, -0.1) is 0 Å². The van der Waals surface area contributed by atoms with Crippen molar-refractivity contribution in [3.63, 3.8) is 0 Å². The molecule has 1 saturated heterocycles. The SMILES string of the molecule is O=C(c1ccc(F)cc1)N1CCC(O)(Cn2cnc3c(cnn3-c3ccc(F)c(Br)c3)c2=O)CC1. The number of hydrogen-bond acceptors (Lipinski definition) is 5. The highest BCUT2D eigenvalue weighted by molar-refractivity contribution is 9.10. The Balaban J connectivity index is 1.33. The molecule has 0 atom stereocenters. The van der Waals surface area contributed by atoms with Crippen molar-refractivity contribution in [1.29, 1.82) is 0 Å². The summed E-state index contributed by atoms with van der Waals surface area (Å²) in [5, 5.41) is 15.6. The second-order valence-corrected chi connectivity index (χ2v) is 9.45. The number of hydrogen-bond donors (Lipinski definition) is 1. The maximum Gasteiger partial charge on any atom is 0.264 e. The van der Waals surface area contributed by atoms with Crippen LogP contribution in [0.4, 0.5) is 8.78 Å². The summed E-state index contributed by atoms with van der Waals surface area (Å²) in [7, 11) is 0. The van der Waals surface area contributed by atoms with Gasteiger partial charge in [-0.3, -0.25) is 14.2 Å². The van der Waals surface area contributed by atoms with Gasteiger partial charge in [-0.1, -0.05) is 0 Å². The van der Waals surface area contributed by atoms with Gasteiger partial charge in [-0.2, -0.15) is 5.10 Å². The highest BCUT2D eigenvalue weighted by Gasteiger charge is 2.35. The van der Waals surface area contributed by atoms with E-state index in [4.69, 9.17) is 0 Å². The van der Waals surface area contributed by atoms with E-state index >= 15 is 0 Å². The van der Waals surface area contributed by atoms with Gasteiger partial charge in [-0.25, -0.2) is 18.4 Å². The number of carbonyl (C=O) groups is 1. The van der Waals surface area contributed by atoms with Gasteiger partial charge in [-0.05, 0) is 71.2 Å². The molecule has 11 heteroatoms. The molecule has 1 fully saturated rings. The first-order valence-electron chi connectivity index (χ1n) is 10.9. The molecule has 2 aromatic heterocycles. The number of halogens is 3. The molecule has 35 heavy (non-hydrogen) atoms. The zero-order valence-corrected chi connectivity index (χ0v) is 20.0. The van der Waals surface area contributed by atoms with Crippen molar-refractivity contribution >= 4 is 32.9 Å². The van der Waals surface area contributed by atoms with Crippen molar-refractivity contribution in [2.75, 3.05) is 13.1 Å². The quantitative estimate of drug-likeness (QED) is 0.426. The van der Waals surface area contributed by atoms with Crippen molar-refractivity contribution in [2.24, 2.45) is 0 Å². The molecule has 1 aliphatic rings. The average Bonchev–Trinajstić information content (AvgIpc) is 3.28. The molecule has 5 rings (SSSR count). The van der Waals surface area contributed by atoms with Gasteiger partial charge >= 0.3 is 0 Å². The molecule has 1 aliphatic heterocycles. The minimum absolute atomic E-state index is 0.0145. The largest absolute Gasteiger partial charge is 0.388 e. The Morgan fingerprint density at radius 3 is 2.51 bits per heavy atom. The molecular weight excluding hydrogens is 524 g/mol. The van der Waals surface area contributed by atoms with Crippen molar-refractivity contribution in [3.05, 3.63) is 87.0 Å². The van der Waals surface area contributed by atoms with E-state index in [1.54, 1.807) is 11.0 Å². The van der Waals surface area contributed by atoms with E-state index in [1.807, 2.05) is 0 Å². The Labute approximate surface area is 206 Å². The zero-order valence-electron chi connectivity index (χ0n) is 18.4. The minimum atomic E-state index is -1.20. The Hall–Kier alpha value is -3.44. The summed E-state index contributed by atoms with van der Waals surface area (Å²) in [5.41, 5.74) is -0.323. The number of fused-ring (bicyclic) bond motifs is 1. The van der Waals surface area contributed by atoms with Gasteiger partial charge in [0.15, 0.2) is 5.65 Å². The average molecular weight is 544 g/mol. The Bertz CT molecular complexity index is 1480. The van der Waals surface area contributed by atoms with E-state index in [-0.39, 0.29) is 40.7 Å². The standard InChI is InChI=1S/C24H20BrF2N5O3/c25-19-11-17(5-6-20(19)27)32-21-18(12-29-32)23(34)31(14-28-21)13-24(35)7-9-30(10-8-24)22(33)15-1-3-16(26)4-2-15/h1-6,11-12,14,35H,7-10,13H2. The number of nitrogens with zero attached hydrogens (tertiary/aromatic N) is 5. The Morgan fingerprint density at radius 2 is 1.83 bits per heavy atom. The van der Waals surface area contributed by atoms with Crippen LogP contribution in [0.1, 0.15) is 23.2 Å². The van der Waals surface area contributed by atoms with Crippen LogP contribution in [0.15, 0.2) is 64.3 Å². The summed E-state index contributed by atoms with van der Waals surface area (Å²) in [6, 6.07) is 9.70. The number of aliphatic hydroxyl groups is 1. The number of likely N-dealkylation sites (tertiary alicyclic amines) is 1. The monoisotopic (exact) mass is 543 g/mol. The smallest absolute Gasteiger partial charge is 0.264 e. The van der Waals surface area contributed by atoms with E-state index in [0.717, 1.165) is 0 Å². The topological polar surface area (TPSA) is 93.2 Å². The predicted octanol–water partition coefficient (Wildman–Crippen LogP) is 3.29. The maximum atomic E-state index is 13.6.